The van der Waals surface area contributed by atoms with Gasteiger partial charge in [0, 0.05) is 43.9 Å². The molecule has 0 radical (unpaired) electrons. The summed E-state index contributed by atoms with van der Waals surface area (Å²) in [5.41, 5.74) is 4.88. The molecular weight excluding hydrogens is 462 g/mol. The third-order valence-corrected chi connectivity index (χ3v) is 8.18. The van der Waals surface area contributed by atoms with Gasteiger partial charge in [-0.05, 0) is 73.9 Å². The molecule has 8 nitrogen and oxygen atoms in total. The molecule has 1 saturated heterocycles. The molecule has 0 aliphatic carbocycles. The van der Waals surface area contributed by atoms with Gasteiger partial charge in [0.2, 0.25) is 15.9 Å². The highest BCUT2D eigenvalue weighted by molar-refractivity contribution is 7.89. The zero-order valence-electron chi connectivity index (χ0n) is 20.4. The second kappa shape index (κ2) is 10.5. The van der Waals surface area contributed by atoms with Crippen LogP contribution in [0.2, 0.25) is 0 Å². The summed E-state index contributed by atoms with van der Waals surface area (Å²) >= 11 is 0. The molecule has 0 bridgehead atoms. The maximum Gasteiger partial charge on any atom is 0.243 e. The van der Waals surface area contributed by atoms with E-state index >= 15 is 0 Å². The standard InChI is InChI=1S/C26H31N5O3S/c1-4-5-26(32)27-22-8-10-23(11-9-22)35(33,34)31-16-14-30(15-17-31)25-13-12-24(28-29-25)21-7-6-19(2)20(3)18-21/h6-13,18H,4-5,14-17H2,1-3H3,(H,27,32). The Balaban J connectivity index is 1.38. The van der Waals surface area contributed by atoms with E-state index in [1.54, 1.807) is 24.3 Å². The predicted octanol–water partition coefficient (Wildman–Crippen LogP) is 4.01. The minimum absolute atomic E-state index is 0.0793. The van der Waals surface area contributed by atoms with Crippen molar-refractivity contribution >= 4 is 27.4 Å². The number of nitrogens with one attached hydrogen (secondary N) is 1. The van der Waals surface area contributed by atoms with E-state index in [2.05, 4.69) is 46.4 Å². The van der Waals surface area contributed by atoms with Gasteiger partial charge in [0.05, 0.1) is 10.6 Å². The highest BCUT2D eigenvalue weighted by Gasteiger charge is 2.29. The van der Waals surface area contributed by atoms with Gasteiger partial charge in [0.15, 0.2) is 5.82 Å². The minimum atomic E-state index is -3.62. The zero-order chi connectivity index (χ0) is 25.0. The molecule has 35 heavy (non-hydrogen) atoms. The predicted molar refractivity (Wildman–Crippen MR) is 138 cm³/mol. The maximum atomic E-state index is 13.1. The van der Waals surface area contributed by atoms with E-state index in [0.717, 1.165) is 23.5 Å². The van der Waals surface area contributed by atoms with Crippen molar-refractivity contribution in [3.8, 4) is 11.3 Å². The van der Waals surface area contributed by atoms with Crippen LogP contribution in [0.3, 0.4) is 0 Å². The first-order valence-electron chi connectivity index (χ1n) is 11.8. The highest BCUT2D eigenvalue weighted by atomic mass is 32.2. The van der Waals surface area contributed by atoms with Gasteiger partial charge >= 0.3 is 0 Å². The number of carbonyl (C=O) groups is 1. The Bertz CT molecular complexity index is 1280. The fraction of sp³-hybridized carbons (Fsp3) is 0.346. The van der Waals surface area contributed by atoms with E-state index in [9.17, 15) is 13.2 Å². The topological polar surface area (TPSA) is 95.5 Å². The van der Waals surface area contributed by atoms with E-state index in [1.165, 1.54) is 15.4 Å². The van der Waals surface area contributed by atoms with Crippen LogP contribution < -0.4 is 10.2 Å². The smallest absolute Gasteiger partial charge is 0.243 e. The van der Waals surface area contributed by atoms with Crippen LogP contribution >= 0.6 is 0 Å². The van der Waals surface area contributed by atoms with Crippen molar-refractivity contribution in [1.29, 1.82) is 0 Å². The number of hydrogen-bond donors (Lipinski definition) is 1. The average molecular weight is 494 g/mol. The van der Waals surface area contributed by atoms with Crippen molar-refractivity contribution < 1.29 is 13.2 Å². The number of benzene rings is 2. The lowest BCUT2D eigenvalue weighted by Gasteiger charge is -2.34. The Hall–Kier alpha value is -3.30. The van der Waals surface area contributed by atoms with E-state index in [1.807, 2.05) is 25.1 Å². The summed E-state index contributed by atoms with van der Waals surface area (Å²) in [6.07, 6.45) is 1.19. The van der Waals surface area contributed by atoms with Crippen LogP contribution in [0, 0.1) is 13.8 Å². The summed E-state index contributed by atoms with van der Waals surface area (Å²) in [5.74, 6) is 0.658. The van der Waals surface area contributed by atoms with Crippen LogP contribution in [0.4, 0.5) is 11.5 Å². The number of hydrogen-bond acceptors (Lipinski definition) is 6. The molecule has 184 valence electrons. The molecule has 0 spiro atoms. The number of sulfonamides is 1. The molecule has 4 rings (SSSR count). The van der Waals surface area contributed by atoms with Crippen molar-refractivity contribution in [2.24, 2.45) is 0 Å². The molecule has 1 aromatic heterocycles. The molecule has 3 aromatic rings. The van der Waals surface area contributed by atoms with Crippen molar-refractivity contribution in [3.63, 3.8) is 0 Å². The van der Waals surface area contributed by atoms with Gasteiger partial charge in [0.1, 0.15) is 0 Å². The summed E-state index contributed by atoms with van der Waals surface area (Å²) in [6.45, 7) is 7.87. The summed E-state index contributed by atoms with van der Waals surface area (Å²) in [4.78, 5) is 14.0. The largest absolute Gasteiger partial charge is 0.352 e. The second-order valence-electron chi connectivity index (χ2n) is 8.79. The van der Waals surface area contributed by atoms with E-state index in [4.69, 9.17) is 0 Å². The second-order valence-corrected chi connectivity index (χ2v) is 10.7. The van der Waals surface area contributed by atoms with Gasteiger partial charge in [-0.3, -0.25) is 4.79 Å². The molecule has 9 heteroatoms. The number of anilines is 2. The summed E-state index contributed by atoms with van der Waals surface area (Å²) in [6, 6.07) is 16.5. The van der Waals surface area contributed by atoms with E-state index in [0.29, 0.717) is 38.3 Å². The molecule has 1 aliphatic rings. The van der Waals surface area contributed by atoms with Crippen LogP contribution in [0.25, 0.3) is 11.3 Å². The minimum Gasteiger partial charge on any atom is -0.352 e. The first-order chi connectivity index (χ1) is 16.8. The monoisotopic (exact) mass is 493 g/mol. The fourth-order valence-corrected chi connectivity index (χ4v) is 5.44. The lowest BCUT2D eigenvalue weighted by atomic mass is 10.0. The van der Waals surface area contributed by atoms with E-state index in [-0.39, 0.29) is 10.8 Å². The van der Waals surface area contributed by atoms with Crippen molar-refractivity contribution in [2.45, 2.75) is 38.5 Å². The molecule has 2 heterocycles. The number of nitrogens with zero attached hydrogens (tertiary/aromatic N) is 4. The first kappa shape index (κ1) is 24.8. The summed E-state index contributed by atoms with van der Waals surface area (Å²) in [7, 11) is -3.62. The number of amides is 1. The number of piperazine rings is 1. The Morgan fingerprint density at radius 2 is 1.63 bits per heavy atom. The van der Waals surface area contributed by atoms with Gasteiger partial charge in [-0.2, -0.15) is 4.31 Å². The number of aromatic nitrogens is 2. The lowest BCUT2D eigenvalue weighted by molar-refractivity contribution is -0.116. The molecule has 1 fully saturated rings. The van der Waals surface area contributed by atoms with Gasteiger partial charge in [0.25, 0.3) is 0 Å². The van der Waals surface area contributed by atoms with Crippen LogP contribution in [0.5, 0.6) is 0 Å². The molecular formula is C26H31N5O3S. The van der Waals surface area contributed by atoms with Crippen LogP contribution in [-0.4, -0.2) is 55.0 Å². The normalized spacial score (nSPS) is 14.7. The van der Waals surface area contributed by atoms with Gasteiger partial charge in [-0.1, -0.05) is 19.1 Å². The Morgan fingerprint density at radius 1 is 0.914 bits per heavy atom. The highest BCUT2D eigenvalue weighted by Crippen LogP contribution is 2.24. The van der Waals surface area contributed by atoms with Crippen LogP contribution in [0.1, 0.15) is 30.9 Å². The van der Waals surface area contributed by atoms with E-state index < -0.39 is 10.0 Å². The Morgan fingerprint density at radius 3 is 2.23 bits per heavy atom. The number of rotatable bonds is 7. The third-order valence-electron chi connectivity index (χ3n) is 6.27. The number of aryl methyl sites for hydroxylation is 2. The summed E-state index contributed by atoms with van der Waals surface area (Å²) in [5, 5.41) is 11.6. The molecule has 1 aliphatic heterocycles. The van der Waals surface area contributed by atoms with Crippen LogP contribution in [0.15, 0.2) is 59.5 Å². The fourth-order valence-electron chi connectivity index (χ4n) is 4.02. The quantitative estimate of drug-likeness (QED) is 0.534. The number of carbonyl (C=O) groups excluding carboxylic acids is 1. The Labute approximate surface area is 207 Å². The van der Waals surface area contributed by atoms with Crippen molar-refractivity contribution in [2.75, 3.05) is 36.4 Å². The Kier molecular flexibility index (Phi) is 7.47. The molecule has 0 unspecified atom stereocenters. The molecule has 2 aromatic carbocycles. The van der Waals surface area contributed by atoms with Gasteiger partial charge in [-0.15, -0.1) is 10.2 Å². The third kappa shape index (κ3) is 5.68. The first-order valence-corrected chi connectivity index (χ1v) is 13.3. The zero-order valence-corrected chi connectivity index (χ0v) is 21.2. The maximum absolute atomic E-state index is 13.1. The average Bonchev–Trinajstić information content (AvgIpc) is 2.86. The molecule has 0 atom stereocenters. The van der Waals surface area contributed by atoms with Crippen molar-refractivity contribution in [3.05, 3.63) is 65.7 Å². The van der Waals surface area contributed by atoms with Gasteiger partial charge < -0.3 is 10.2 Å². The molecule has 0 saturated carbocycles. The van der Waals surface area contributed by atoms with Crippen LogP contribution in [-0.2, 0) is 14.8 Å². The van der Waals surface area contributed by atoms with Crippen molar-refractivity contribution in [1.82, 2.24) is 14.5 Å². The lowest BCUT2D eigenvalue weighted by Crippen LogP contribution is -2.49. The summed E-state index contributed by atoms with van der Waals surface area (Å²) < 4.78 is 27.7. The SMILES string of the molecule is CCCC(=O)Nc1ccc(S(=O)(=O)N2CCN(c3ccc(-c4ccc(C)c(C)c4)nn3)CC2)cc1. The molecule has 1 N–H and O–H groups in total. The molecule has 1 amide bonds. The van der Waals surface area contributed by atoms with Gasteiger partial charge in [-0.25, -0.2) is 8.42 Å².